The van der Waals surface area contributed by atoms with Crippen LogP contribution in [0.3, 0.4) is 0 Å². The predicted molar refractivity (Wildman–Crippen MR) is 113 cm³/mol. The Morgan fingerprint density at radius 1 is 1.10 bits per heavy atom. The first kappa shape index (κ1) is 20.6. The first-order valence-corrected chi connectivity index (χ1v) is 10.1. The zero-order valence-corrected chi connectivity index (χ0v) is 17.1. The number of carbonyl (C=O) groups excluding carboxylic acids is 2. The average Bonchev–Trinajstić information content (AvgIpc) is 3.15. The monoisotopic (exact) mass is 410 g/mol. The van der Waals surface area contributed by atoms with E-state index in [1.165, 1.54) is 18.9 Å². The summed E-state index contributed by atoms with van der Waals surface area (Å²) in [5.41, 5.74) is 8.42. The van der Waals surface area contributed by atoms with Gasteiger partial charge in [0.2, 0.25) is 0 Å². The van der Waals surface area contributed by atoms with Gasteiger partial charge in [0.15, 0.2) is 11.0 Å². The van der Waals surface area contributed by atoms with E-state index in [1.54, 1.807) is 24.3 Å². The maximum absolute atomic E-state index is 12.5. The topological polar surface area (TPSA) is 100 Å². The third-order valence-electron chi connectivity index (χ3n) is 4.37. The van der Waals surface area contributed by atoms with E-state index in [2.05, 4.69) is 10.2 Å². The molecule has 0 aliphatic rings. The molecular weight excluding hydrogens is 388 g/mol. The van der Waals surface area contributed by atoms with Gasteiger partial charge >= 0.3 is 5.97 Å². The van der Waals surface area contributed by atoms with Crippen molar-refractivity contribution in [2.45, 2.75) is 25.0 Å². The van der Waals surface area contributed by atoms with E-state index in [-0.39, 0.29) is 18.0 Å². The third-order valence-corrected chi connectivity index (χ3v) is 5.40. The van der Waals surface area contributed by atoms with Crippen molar-refractivity contribution in [3.63, 3.8) is 0 Å². The molecule has 0 spiro atoms. The van der Waals surface area contributed by atoms with E-state index >= 15 is 0 Å². The second kappa shape index (κ2) is 9.38. The molecule has 0 saturated carbocycles. The minimum Gasteiger partial charge on any atom is -0.465 e. The van der Waals surface area contributed by atoms with Gasteiger partial charge in [0.05, 0.1) is 18.4 Å². The smallest absolute Gasteiger partial charge is 0.338 e. The van der Waals surface area contributed by atoms with Gasteiger partial charge in [0, 0.05) is 24.2 Å². The molecule has 0 aliphatic carbocycles. The van der Waals surface area contributed by atoms with Crippen LogP contribution in [0, 0.1) is 0 Å². The predicted octanol–water partition coefficient (Wildman–Crippen LogP) is 3.24. The van der Waals surface area contributed by atoms with Crippen molar-refractivity contribution in [3.05, 3.63) is 59.7 Å². The van der Waals surface area contributed by atoms with Crippen LogP contribution in [0.2, 0.25) is 0 Å². The number of anilines is 1. The van der Waals surface area contributed by atoms with Gasteiger partial charge in [-0.3, -0.25) is 4.79 Å². The molecule has 29 heavy (non-hydrogen) atoms. The molecule has 2 N–H and O–H groups in total. The van der Waals surface area contributed by atoms with E-state index in [4.69, 9.17) is 10.5 Å². The summed E-state index contributed by atoms with van der Waals surface area (Å²) >= 11 is 1.34. The summed E-state index contributed by atoms with van der Waals surface area (Å²) in [6, 6.07) is 14.4. The number of ketones is 1. The summed E-state index contributed by atoms with van der Waals surface area (Å²) in [6.45, 7) is 2.68. The van der Waals surface area contributed by atoms with Gasteiger partial charge in [-0.2, -0.15) is 0 Å². The van der Waals surface area contributed by atoms with Crippen LogP contribution >= 0.6 is 11.8 Å². The Labute approximate surface area is 173 Å². The summed E-state index contributed by atoms with van der Waals surface area (Å²) in [5.74, 6) is 0.513. The van der Waals surface area contributed by atoms with Gasteiger partial charge in [-0.1, -0.05) is 30.0 Å². The number of rotatable bonds is 8. The van der Waals surface area contributed by atoms with Gasteiger partial charge in [-0.05, 0) is 42.8 Å². The molecule has 3 rings (SSSR count). The van der Waals surface area contributed by atoms with Gasteiger partial charge in [-0.15, -0.1) is 10.2 Å². The van der Waals surface area contributed by atoms with Gasteiger partial charge in [0.1, 0.15) is 5.78 Å². The first-order chi connectivity index (χ1) is 14.0. The van der Waals surface area contributed by atoms with Crippen LogP contribution in [0.1, 0.15) is 22.8 Å². The first-order valence-electron chi connectivity index (χ1n) is 9.13. The zero-order valence-electron chi connectivity index (χ0n) is 16.3. The Hall–Kier alpha value is -3.13. The molecule has 0 bridgehead atoms. The quantitative estimate of drug-likeness (QED) is 0.346. The maximum Gasteiger partial charge on any atom is 0.338 e. The molecule has 0 radical (unpaired) electrons. The maximum atomic E-state index is 12.5. The summed E-state index contributed by atoms with van der Waals surface area (Å²) in [7, 11) is 1.33. The van der Waals surface area contributed by atoms with Gasteiger partial charge in [0.25, 0.3) is 0 Å². The molecule has 1 aromatic heterocycles. The number of hydrogen-bond donors (Lipinski definition) is 1. The lowest BCUT2D eigenvalue weighted by molar-refractivity contribution is -0.116. The molecule has 8 heteroatoms. The third kappa shape index (κ3) is 4.83. The van der Waals surface area contributed by atoms with Gasteiger partial charge in [-0.25, -0.2) is 4.79 Å². The van der Waals surface area contributed by atoms with E-state index in [0.717, 1.165) is 11.4 Å². The fraction of sp³-hybridized carbons (Fsp3) is 0.238. The molecule has 0 unspecified atom stereocenters. The molecule has 3 aromatic rings. The molecule has 0 saturated heterocycles. The standard InChI is InChI=1S/C21H22N4O3S/c1-3-25-19(14-8-10-16(22)11-9-14)23-24-21(25)29-13-17(26)12-15-6-4-5-7-18(15)20(27)28-2/h4-11H,3,12-13,22H2,1-2H3. The minimum absolute atomic E-state index is 0.00830. The van der Waals surface area contributed by atoms with E-state index < -0.39 is 5.97 Å². The van der Waals surface area contributed by atoms with Crippen molar-refractivity contribution in [2.75, 3.05) is 18.6 Å². The van der Waals surface area contributed by atoms with Crippen LogP contribution in [-0.4, -0.2) is 39.4 Å². The van der Waals surface area contributed by atoms with Crippen LogP contribution < -0.4 is 5.73 Å². The van der Waals surface area contributed by atoms with E-state index in [9.17, 15) is 9.59 Å². The van der Waals surface area contributed by atoms with Crippen molar-refractivity contribution in [1.82, 2.24) is 14.8 Å². The summed E-state index contributed by atoms with van der Waals surface area (Å²) < 4.78 is 6.75. The van der Waals surface area contributed by atoms with Crippen molar-refractivity contribution >= 4 is 29.2 Å². The Morgan fingerprint density at radius 2 is 1.83 bits per heavy atom. The number of nitrogen functional groups attached to an aromatic ring is 1. The Kier molecular flexibility index (Phi) is 6.66. The minimum atomic E-state index is -0.445. The number of nitrogens with two attached hydrogens (primary N) is 1. The molecule has 150 valence electrons. The molecule has 7 nitrogen and oxygen atoms in total. The molecule has 0 atom stereocenters. The van der Waals surface area contributed by atoms with E-state index in [1.807, 2.05) is 35.8 Å². The number of thioether (sulfide) groups is 1. The molecule has 0 aliphatic heterocycles. The molecule has 1 heterocycles. The highest BCUT2D eigenvalue weighted by Gasteiger charge is 2.17. The molecular formula is C21H22N4O3S. The zero-order chi connectivity index (χ0) is 20.8. The van der Waals surface area contributed by atoms with Crippen LogP contribution in [0.25, 0.3) is 11.4 Å². The number of aromatic nitrogens is 3. The number of nitrogens with zero attached hydrogens (tertiary/aromatic N) is 3. The number of esters is 1. The van der Waals surface area contributed by atoms with Crippen LogP contribution in [0.4, 0.5) is 5.69 Å². The van der Waals surface area contributed by atoms with Crippen molar-refractivity contribution < 1.29 is 14.3 Å². The number of hydrogen-bond acceptors (Lipinski definition) is 7. The summed E-state index contributed by atoms with van der Waals surface area (Å²) in [4.78, 5) is 24.4. The van der Waals surface area contributed by atoms with E-state index in [0.29, 0.717) is 28.5 Å². The fourth-order valence-corrected chi connectivity index (χ4v) is 3.78. The normalized spacial score (nSPS) is 10.7. The fourth-order valence-electron chi connectivity index (χ4n) is 2.92. The number of Topliss-reactive ketones (excluding diaryl/α,β-unsaturated/α-hetero) is 1. The molecule has 2 aromatic carbocycles. The van der Waals surface area contributed by atoms with Crippen LogP contribution in [-0.2, 0) is 22.5 Å². The number of benzene rings is 2. The van der Waals surface area contributed by atoms with Gasteiger partial charge < -0.3 is 15.0 Å². The second-order valence-electron chi connectivity index (χ2n) is 6.33. The lowest BCUT2D eigenvalue weighted by Gasteiger charge is -2.08. The number of carbonyl (C=O) groups is 2. The molecule has 0 amide bonds. The van der Waals surface area contributed by atoms with Crippen molar-refractivity contribution in [2.24, 2.45) is 0 Å². The van der Waals surface area contributed by atoms with Crippen molar-refractivity contribution in [1.29, 1.82) is 0 Å². The summed E-state index contributed by atoms with van der Waals surface area (Å²) in [6.07, 6.45) is 0.156. The van der Waals surface area contributed by atoms with Crippen LogP contribution in [0.5, 0.6) is 0 Å². The summed E-state index contributed by atoms with van der Waals surface area (Å²) in [5, 5.41) is 9.19. The second-order valence-corrected chi connectivity index (χ2v) is 7.27. The lowest BCUT2D eigenvalue weighted by atomic mass is 10.0. The average molecular weight is 410 g/mol. The Bertz CT molecular complexity index is 1020. The SMILES string of the molecule is CCn1c(SCC(=O)Cc2ccccc2C(=O)OC)nnc1-c1ccc(N)cc1. The van der Waals surface area contributed by atoms with Crippen LogP contribution in [0.15, 0.2) is 53.7 Å². The molecule has 0 fully saturated rings. The lowest BCUT2D eigenvalue weighted by Crippen LogP contribution is -2.12. The largest absolute Gasteiger partial charge is 0.465 e. The highest BCUT2D eigenvalue weighted by atomic mass is 32.2. The van der Waals surface area contributed by atoms with Crippen molar-refractivity contribution in [3.8, 4) is 11.4 Å². The highest BCUT2D eigenvalue weighted by Crippen LogP contribution is 2.25. The number of ether oxygens (including phenoxy) is 1. The Morgan fingerprint density at radius 3 is 2.52 bits per heavy atom. The Balaban J connectivity index is 1.70. The highest BCUT2D eigenvalue weighted by molar-refractivity contribution is 7.99. The number of methoxy groups -OCH3 is 1.